The van der Waals surface area contributed by atoms with Crippen molar-refractivity contribution >= 4 is 15.7 Å². The number of rotatable bonds is 6. The van der Waals surface area contributed by atoms with Crippen molar-refractivity contribution in [3.05, 3.63) is 31.0 Å². The standard InChI is InChI=1S/C11H15N5O2S/c1-2-3-6-19(17,18)15-10-4-5-11(12-7-10)16-8-13-14-9-16/h4-5,7-9,15H,2-3,6H2,1H3. The maximum atomic E-state index is 11.7. The first kappa shape index (κ1) is 13.5. The minimum Gasteiger partial charge on any atom is -0.282 e. The van der Waals surface area contributed by atoms with Crippen LogP contribution in [0.1, 0.15) is 19.8 Å². The summed E-state index contributed by atoms with van der Waals surface area (Å²) in [6, 6.07) is 3.35. The fourth-order valence-corrected chi connectivity index (χ4v) is 2.73. The molecule has 19 heavy (non-hydrogen) atoms. The first-order chi connectivity index (χ1) is 9.11. The summed E-state index contributed by atoms with van der Waals surface area (Å²) in [7, 11) is -3.28. The van der Waals surface area contributed by atoms with Crippen LogP contribution in [0.5, 0.6) is 0 Å². The fourth-order valence-electron chi connectivity index (χ4n) is 1.48. The normalized spacial score (nSPS) is 11.4. The fraction of sp³-hybridized carbons (Fsp3) is 0.364. The zero-order valence-corrected chi connectivity index (χ0v) is 11.3. The zero-order valence-electron chi connectivity index (χ0n) is 10.5. The summed E-state index contributed by atoms with van der Waals surface area (Å²) in [6.07, 6.45) is 5.99. The summed E-state index contributed by atoms with van der Waals surface area (Å²) in [6.45, 7) is 1.95. The van der Waals surface area contributed by atoms with Gasteiger partial charge >= 0.3 is 0 Å². The van der Waals surface area contributed by atoms with Gasteiger partial charge in [0.25, 0.3) is 0 Å². The average molecular weight is 281 g/mol. The summed E-state index contributed by atoms with van der Waals surface area (Å²) in [4.78, 5) is 4.14. The van der Waals surface area contributed by atoms with E-state index < -0.39 is 10.0 Å². The number of pyridine rings is 1. The Morgan fingerprint density at radius 3 is 2.58 bits per heavy atom. The van der Waals surface area contributed by atoms with Crippen molar-refractivity contribution in [3.8, 4) is 5.82 Å². The lowest BCUT2D eigenvalue weighted by Gasteiger charge is -2.07. The van der Waals surface area contributed by atoms with E-state index in [0.29, 0.717) is 17.9 Å². The summed E-state index contributed by atoms with van der Waals surface area (Å²) in [5.41, 5.74) is 0.452. The molecule has 0 spiro atoms. The van der Waals surface area contributed by atoms with Crippen molar-refractivity contribution in [1.82, 2.24) is 19.7 Å². The number of sulfonamides is 1. The second-order valence-electron chi connectivity index (χ2n) is 4.05. The topological polar surface area (TPSA) is 89.8 Å². The second kappa shape index (κ2) is 5.79. The summed E-state index contributed by atoms with van der Waals surface area (Å²) in [5, 5.41) is 7.35. The summed E-state index contributed by atoms with van der Waals surface area (Å²) < 4.78 is 27.5. The number of aromatic nitrogens is 4. The predicted molar refractivity (Wildman–Crippen MR) is 71.5 cm³/mol. The molecule has 7 nitrogen and oxygen atoms in total. The highest BCUT2D eigenvalue weighted by Crippen LogP contribution is 2.11. The Morgan fingerprint density at radius 2 is 2.00 bits per heavy atom. The average Bonchev–Trinajstić information content (AvgIpc) is 2.91. The van der Waals surface area contributed by atoms with E-state index in [4.69, 9.17) is 0 Å². The molecule has 2 aromatic rings. The van der Waals surface area contributed by atoms with E-state index in [1.807, 2.05) is 6.92 Å². The highest BCUT2D eigenvalue weighted by Gasteiger charge is 2.09. The molecule has 1 N–H and O–H groups in total. The highest BCUT2D eigenvalue weighted by molar-refractivity contribution is 7.92. The summed E-state index contributed by atoms with van der Waals surface area (Å²) >= 11 is 0. The van der Waals surface area contributed by atoms with E-state index in [1.165, 1.54) is 18.9 Å². The molecule has 0 aromatic carbocycles. The van der Waals surface area contributed by atoms with Gasteiger partial charge in [-0.25, -0.2) is 13.4 Å². The van der Waals surface area contributed by atoms with Crippen molar-refractivity contribution < 1.29 is 8.42 Å². The minimum absolute atomic E-state index is 0.122. The van der Waals surface area contributed by atoms with Crippen LogP contribution < -0.4 is 4.72 Å². The van der Waals surface area contributed by atoms with Gasteiger partial charge < -0.3 is 0 Å². The van der Waals surface area contributed by atoms with Crippen LogP contribution in [-0.4, -0.2) is 33.9 Å². The number of unbranched alkanes of at least 4 members (excludes halogenated alkanes) is 1. The Morgan fingerprint density at radius 1 is 1.26 bits per heavy atom. The first-order valence-corrected chi connectivity index (χ1v) is 7.57. The van der Waals surface area contributed by atoms with Crippen LogP contribution in [0.15, 0.2) is 31.0 Å². The number of hydrogen-bond acceptors (Lipinski definition) is 5. The molecular weight excluding hydrogens is 266 g/mol. The molecule has 0 aliphatic heterocycles. The van der Waals surface area contributed by atoms with Crippen molar-refractivity contribution in [2.24, 2.45) is 0 Å². The van der Waals surface area contributed by atoms with Gasteiger partial charge in [0.2, 0.25) is 10.0 Å². The molecule has 2 heterocycles. The molecule has 0 aliphatic rings. The maximum Gasteiger partial charge on any atom is 0.232 e. The molecule has 0 saturated heterocycles. The van der Waals surface area contributed by atoms with E-state index in [2.05, 4.69) is 19.9 Å². The first-order valence-electron chi connectivity index (χ1n) is 5.92. The third-order valence-corrected chi connectivity index (χ3v) is 3.84. The number of nitrogens with zero attached hydrogens (tertiary/aromatic N) is 4. The third kappa shape index (κ3) is 3.75. The van der Waals surface area contributed by atoms with Crippen LogP contribution in [0.25, 0.3) is 5.82 Å². The summed E-state index contributed by atoms with van der Waals surface area (Å²) in [5.74, 6) is 0.748. The molecule has 0 unspecified atom stereocenters. The van der Waals surface area contributed by atoms with Gasteiger partial charge in [-0.05, 0) is 18.6 Å². The monoisotopic (exact) mass is 281 g/mol. The third-order valence-electron chi connectivity index (χ3n) is 2.47. The number of nitrogens with one attached hydrogen (secondary N) is 1. The molecule has 2 rings (SSSR count). The van der Waals surface area contributed by atoms with Gasteiger partial charge in [-0.15, -0.1) is 10.2 Å². The lowest BCUT2D eigenvalue weighted by atomic mass is 10.4. The van der Waals surface area contributed by atoms with E-state index in [-0.39, 0.29) is 5.75 Å². The number of anilines is 1. The van der Waals surface area contributed by atoms with Gasteiger partial charge in [-0.3, -0.25) is 9.29 Å². The van der Waals surface area contributed by atoms with E-state index in [1.54, 1.807) is 16.7 Å². The zero-order chi connectivity index (χ0) is 13.7. The Labute approximate surface area is 111 Å². The van der Waals surface area contributed by atoms with Crippen molar-refractivity contribution in [2.45, 2.75) is 19.8 Å². The second-order valence-corrected chi connectivity index (χ2v) is 5.89. The van der Waals surface area contributed by atoms with Gasteiger partial charge in [-0.1, -0.05) is 13.3 Å². The van der Waals surface area contributed by atoms with Crippen molar-refractivity contribution in [2.75, 3.05) is 10.5 Å². The van der Waals surface area contributed by atoms with Crippen LogP contribution in [0.2, 0.25) is 0 Å². The molecule has 0 fully saturated rings. The lowest BCUT2D eigenvalue weighted by Crippen LogP contribution is -2.16. The molecule has 0 amide bonds. The van der Waals surface area contributed by atoms with Gasteiger partial charge in [-0.2, -0.15) is 0 Å². The van der Waals surface area contributed by atoms with Crippen LogP contribution >= 0.6 is 0 Å². The van der Waals surface area contributed by atoms with Gasteiger partial charge in [0, 0.05) is 0 Å². The molecule has 0 aliphatic carbocycles. The van der Waals surface area contributed by atoms with Crippen molar-refractivity contribution in [3.63, 3.8) is 0 Å². The molecule has 102 valence electrons. The van der Waals surface area contributed by atoms with Crippen LogP contribution in [0.4, 0.5) is 5.69 Å². The highest BCUT2D eigenvalue weighted by atomic mass is 32.2. The lowest BCUT2D eigenvalue weighted by molar-refractivity contribution is 0.598. The van der Waals surface area contributed by atoms with Crippen LogP contribution in [-0.2, 0) is 10.0 Å². The van der Waals surface area contributed by atoms with Crippen molar-refractivity contribution in [1.29, 1.82) is 0 Å². The largest absolute Gasteiger partial charge is 0.282 e. The smallest absolute Gasteiger partial charge is 0.232 e. The minimum atomic E-state index is -3.28. The maximum absolute atomic E-state index is 11.7. The Hall–Kier alpha value is -1.96. The molecule has 0 saturated carbocycles. The molecule has 0 atom stereocenters. The van der Waals surface area contributed by atoms with Crippen LogP contribution in [0, 0.1) is 0 Å². The van der Waals surface area contributed by atoms with E-state index >= 15 is 0 Å². The molecule has 8 heteroatoms. The predicted octanol–water partition coefficient (Wildman–Crippen LogP) is 1.20. The van der Waals surface area contributed by atoms with Gasteiger partial charge in [0.05, 0.1) is 17.6 Å². The molecule has 2 aromatic heterocycles. The molecule has 0 radical (unpaired) electrons. The van der Waals surface area contributed by atoms with E-state index in [0.717, 1.165) is 6.42 Å². The Kier molecular flexibility index (Phi) is 4.10. The quantitative estimate of drug-likeness (QED) is 0.859. The molecule has 0 bridgehead atoms. The van der Waals surface area contributed by atoms with E-state index in [9.17, 15) is 8.42 Å². The SMILES string of the molecule is CCCCS(=O)(=O)Nc1ccc(-n2cnnc2)nc1. The molecular formula is C11H15N5O2S. The van der Waals surface area contributed by atoms with Gasteiger partial charge in [0.1, 0.15) is 18.5 Å². The van der Waals surface area contributed by atoms with Gasteiger partial charge in [0.15, 0.2) is 0 Å². The Bertz CT molecular complexity index is 607. The van der Waals surface area contributed by atoms with Crippen LogP contribution in [0.3, 0.4) is 0 Å². The Balaban J connectivity index is 2.07. The number of hydrogen-bond donors (Lipinski definition) is 1.